The van der Waals surface area contributed by atoms with E-state index in [2.05, 4.69) is 5.16 Å². The van der Waals surface area contributed by atoms with E-state index >= 15 is 0 Å². The molecule has 0 atom stereocenters. The number of hydrogen-bond donors (Lipinski definition) is 0. The highest BCUT2D eigenvalue weighted by molar-refractivity contribution is 6.21. The lowest BCUT2D eigenvalue weighted by Gasteiger charge is -2.16. The second-order valence-electron chi connectivity index (χ2n) is 6.05. The molecule has 0 fully saturated rings. The number of rotatable bonds is 2. The van der Waals surface area contributed by atoms with Gasteiger partial charge in [0.1, 0.15) is 5.71 Å². The fourth-order valence-electron chi connectivity index (χ4n) is 1.46. The molecule has 4 nitrogen and oxygen atoms in total. The predicted molar refractivity (Wildman–Crippen MR) is 74.7 cm³/mol. The molecule has 0 saturated heterocycles. The number of oxime groups is 1. The number of carbonyl (C=O) groups excluding carboxylic acids is 2. The largest absolute Gasteiger partial charge is 0.340 e. The number of hydrogen-bond acceptors (Lipinski definition) is 4. The van der Waals surface area contributed by atoms with Crippen molar-refractivity contribution in [3.05, 3.63) is 23.3 Å². The molecule has 0 aromatic heterocycles. The van der Waals surface area contributed by atoms with E-state index < -0.39 is 11.4 Å². The third-order valence-corrected chi connectivity index (χ3v) is 2.79. The van der Waals surface area contributed by atoms with Crippen molar-refractivity contribution >= 4 is 17.5 Å². The van der Waals surface area contributed by atoms with Crippen molar-refractivity contribution in [1.82, 2.24) is 0 Å². The van der Waals surface area contributed by atoms with E-state index in [9.17, 15) is 9.59 Å². The Kier molecular flexibility index (Phi) is 4.45. The third kappa shape index (κ3) is 3.88. The molecule has 19 heavy (non-hydrogen) atoms. The van der Waals surface area contributed by atoms with Gasteiger partial charge in [-0.2, -0.15) is 0 Å². The van der Waals surface area contributed by atoms with E-state index in [1.165, 1.54) is 6.08 Å². The summed E-state index contributed by atoms with van der Waals surface area (Å²) in [6.07, 6.45) is 3.22. The molecular formula is C15H21NO3. The maximum atomic E-state index is 11.8. The first-order valence-electron chi connectivity index (χ1n) is 6.37. The van der Waals surface area contributed by atoms with E-state index in [1.807, 2.05) is 13.8 Å². The van der Waals surface area contributed by atoms with E-state index in [1.54, 1.807) is 33.8 Å². The molecule has 0 amide bonds. The van der Waals surface area contributed by atoms with Gasteiger partial charge in [-0.3, -0.25) is 4.79 Å². The monoisotopic (exact) mass is 263 g/mol. The van der Waals surface area contributed by atoms with Crippen molar-refractivity contribution in [2.24, 2.45) is 16.5 Å². The highest BCUT2D eigenvalue weighted by Gasteiger charge is 2.24. The minimum Gasteiger partial charge on any atom is -0.317 e. The SMILES string of the molecule is CC1=CC(=O)C(C(C)C)=C/C1=N\OC(=O)C(C)(C)C. The maximum absolute atomic E-state index is 11.8. The number of allylic oxidation sites excluding steroid dienone is 4. The molecule has 4 heteroatoms. The zero-order chi connectivity index (χ0) is 14.8. The third-order valence-electron chi connectivity index (χ3n) is 2.79. The molecule has 1 rings (SSSR count). The Morgan fingerprint density at radius 2 is 1.84 bits per heavy atom. The van der Waals surface area contributed by atoms with Gasteiger partial charge in [0.05, 0.1) is 5.41 Å². The number of carbonyl (C=O) groups is 2. The summed E-state index contributed by atoms with van der Waals surface area (Å²) < 4.78 is 0. The van der Waals surface area contributed by atoms with E-state index in [0.717, 1.165) is 0 Å². The summed E-state index contributed by atoms with van der Waals surface area (Å²) in [5.41, 5.74) is 1.31. The van der Waals surface area contributed by atoms with Gasteiger partial charge >= 0.3 is 5.97 Å². The molecule has 0 unspecified atom stereocenters. The van der Waals surface area contributed by atoms with Crippen LogP contribution < -0.4 is 0 Å². The Hall–Kier alpha value is -1.71. The van der Waals surface area contributed by atoms with Crippen molar-refractivity contribution in [3.63, 3.8) is 0 Å². The molecule has 1 aliphatic rings. The molecule has 0 spiro atoms. The van der Waals surface area contributed by atoms with Crippen LogP contribution in [-0.4, -0.2) is 17.5 Å². The Morgan fingerprint density at radius 3 is 2.32 bits per heavy atom. The molecule has 0 bridgehead atoms. The molecule has 104 valence electrons. The predicted octanol–water partition coefficient (Wildman–Crippen LogP) is 3.04. The summed E-state index contributed by atoms with van der Waals surface area (Å²) in [5, 5.41) is 3.87. The van der Waals surface area contributed by atoms with Crippen LogP contribution in [0.4, 0.5) is 0 Å². The van der Waals surface area contributed by atoms with Gasteiger partial charge in [-0.25, -0.2) is 4.79 Å². The number of ketones is 1. The Morgan fingerprint density at radius 1 is 1.26 bits per heavy atom. The van der Waals surface area contributed by atoms with Crippen LogP contribution in [0.15, 0.2) is 28.5 Å². The van der Waals surface area contributed by atoms with Crippen LogP contribution in [-0.2, 0) is 14.4 Å². The first-order valence-corrected chi connectivity index (χ1v) is 6.37. The fraction of sp³-hybridized carbons (Fsp3) is 0.533. The standard InChI is InChI=1S/C15H21NO3/c1-9(2)11-8-12(10(3)7-13(11)17)16-19-14(18)15(4,5)6/h7-9H,1-6H3/b16-12+. The van der Waals surface area contributed by atoms with Crippen molar-refractivity contribution in [3.8, 4) is 0 Å². The van der Waals surface area contributed by atoms with Gasteiger partial charge in [-0.1, -0.05) is 19.0 Å². The lowest BCUT2D eigenvalue weighted by molar-refractivity contribution is -0.152. The molecular weight excluding hydrogens is 242 g/mol. The average Bonchev–Trinajstić information content (AvgIpc) is 2.25. The quantitative estimate of drug-likeness (QED) is 0.437. The van der Waals surface area contributed by atoms with Crippen LogP contribution in [0, 0.1) is 11.3 Å². The van der Waals surface area contributed by atoms with Crippen molar-refractivity contribution < 1.29 is 14.4 Å². The zero-order valence-electron chi connectivity index (χ0n) is 12.4. The summed E-state index contributed by atoms with van der Waals surface area (Å²) in [6, 6.07) is 0. The van der Waals surface area contributed by atoms with Gasteiger partial charge in [0, 0.05) is 5.57 Å². The average molecular weight is 263 g/mol. The minimum atomic E-state index is -0.600. The zero-order valence-corrected chi connectivity index (χ0v) is 12.4. The summed E-state index contributed by atoms with van der Waals surface area (Å²) in [7, 11) is 0. The lowest BCUT2D eigenvalue weighted by atomic mass is 9.90. The number of nitrogens with zero attached hydrogens (tertiary/aromatic N) is 1. The van der Waals surface area contributed by atoms with E-state index in [4.69, 9.17) is 4.84 Å². The highest BCUT2D eigenvalue weighted by Crippen LogP contribution is 2.20. The van der Waals surface area contributed by atoms with Crippen LogP contribution in [0.3, 0.4) is 0 Å². The van der Waals surface area contributed by atoms with E-state index in [0.29, 0.717) is 16.9 Å². The lowest BCUT2D eigenvalue weighted by Crippen LogP contribution is -2.22. The molecule has 0 aliphatic heterocycles. The first-order chi connectivity index (χ1) is 8.62. The molecule has 1 aliphatic carbocycles. The molecule has 0 radical (unpaired) electrons. The highest BCUT2D eigenvalue weighted by atomic mass is 16.7. The second-order valence-corrected chi connectivity index (χ2v) is 6.05. The van der Waals surface area contributed by atoms with Gasteiger partial charge in [-0.05, 0) is 51.3 Å². The molecule has 0 aromatic carbocycles. The Labute approximate surface area is 114 Å². The van der Waals surface area contributed by atoms with Crippen molar-refractivity contribution in [1.29, 1.82) is 0 Å². The normalized spacial score (nSPS) is 18.5. The molecule has 0 saturated carbocycles. The van der Waals surface area contributed by atoms with Gasteiger partial charge in [-0.15, -0.1) is 0 Å². The minimum absolute atomic E-state index is 0.00593. The van der Waals surface area contributed by atoms with Gasteiger partial charge < -0.3 is 4.84 Å². The fourth-order valence-corrected chi connectivity index (χ4v) is 1.46. The Balaban J connectivity index is 2.96. The maximum Gasteiger partial charge on any atom is 0.340 e. The van der Waals surface area contributed by atoms with Gasteiger partial charge in [0.25, 0.3) is 0 Å². The van der Waals surface area contributed by atoms with Crippen LogP contribution in [0.2, 0.25) is 0 Å². The second kappa shape index (κ2) is 5.51. The van der Waals surface area contributed by atoms with Gasteiger partial charge in [0.15, 0.2) is 5.78 Å². The summed E-state index contributed by atoms with van der Waals surface area (Å²) in [6.45, 7) is 10.9. The summed E-state index contributed by atoms with van der Waals surface area (Å²) in [5.74, 6) is -0.293. The van der Waals surface area contributed by atoms with Gasteiger partial charge in [0.2, 0.25) is 0 Å². The summed E-state index contributed by atoms with van der Waals surface area (Å²) >= 11 is 0. The molecule has 0 aromatic rings. The smallest absolute Gasteiger partial charge is 0.317 e. The molecule has 0 heterocycles. The van der Waals surface area contributed by atoms with E-state index in [-0.39, 0.29) is 11.7 Å². The van der Waals surface area contributed by atoms with Crippen LogP contribution in [0.25, 0.3) is 0 Å². The summed E-state index contributed by atoms with van der Waals surface area (Å²) in [4.78, 5) is 28.4. The molecule has 0 N–H and O–H groups in total. The van der Waals surface area contributed by atoms with Crippen molar-refractivity contribution in [2.45, 2.75) is 41.5 Å². The first kappa shape index (κ1) is 15.3. The van der Waals surface area contributed by atoms with Crippen LogP contribution >= 0.6 is 0 Å². The van der Waals surface area contributed by atoms with Crippen LogP contribution in [0.5, 0.6) is 0 Å². The Bertz CT molecular complexity index is 488. The van der Waals surface area contributed by atoms with Crippen molar-refractivity contribution in [2.75, 3.05) is 0 Å². The van der Waals surface area contributed by atoms with Crippen LogP contribution in [0.1, 0.15) is 41.5 Å². The topological polar surface area (TPSA) is 55.7 Å².